The molecular weight excluding hydrogens is 414 g/mol. The molecule has 0 saturated heterocycles. The van der Waals surface area contributed by atoms with Gasteiger partial charge in [0.2, 0.25) is 5.78 Å². The van der Waals surface area contributed by atoms with Gasteiger partial charge in [-0.3, -0.25) is 18.7 Å². The molecule has 0 fully saturated rings. The van der Waals surface area contributed by atoms with Gasteiger partial charge in [-0.05, 0) is 42.8 Å². The van der Waals surface area contributed by atoms with Gasteiger partial charge >= 0.3 is 11.7 Å². The first-order valence-corrected chi connectivity index (χ1v) is 9.96. The van der Waals surface area contributed by atoms with Crippen LogP contribution in [0.15, 0.2) is 64.2 Å². The van der Waals surface area contributed by atoms with Gasteiger partial charge in [-0.2, -0.15) is 0 Å². The van der Waals surface area contributed by atoms with Gasteiger partial charge in [-0.15, -0.1) is 0 Å². The van der Waals surface area contributed by atoms with Crippen molar-refractivity contribution in [3.05, 3.63) is 86.6 Å². The fraction of sp³-hybridized carbons (Fsp3) is 0.217. The molecule has 0 saturated carbocycles. The number of ketones is 1. The van der Waals surface area contributed by atoms with E-state index in [1.54, 1.807) is 24.3 Å². The van der Waals surface area contributed by atoms with Gasteiger partial charge in [-0.25, -0.2) is 9.59 Å². The molecule has 2 N–H and O–H groups in total. The second-order valence-electron chi connectivity index (χ2n) is 7.00. The van der Waals surface area contributed by atoms with E-state index in [-0.39, 0.29) is 23.5 Å². The number of hydrogen-bond acceptors (Lipinski definition) is 7. The van der Waals surface area contributed by atoms with Crippen molar-refractivity contribution < 1.29 is 19.1 Å². The monoisotopic (exact) mass is 437 g/mol. The molecule has 0 bridgehead atoms. The topological polar surface area (TPSA) is 123 Å². The maximum Gasteiger partial charge on any atom is 0.338 e. The number of para-hydroxylation sites is 1. The van der Waals surface area contributed by atoms with Crippen molar-refractivity contribution in [2.75, 3.05) is 12.3 Å². The SMILES string of the molecule is CCCn1c(N)c(C(=O)COC(=O)c2ccc(Oc3ccccc3)cc2)c(=O)n(C)c1=O. The Bertz CT molecular complexity index is 1240. The summed E-state index contributed by atoms with van der Waals surface area (Å²) in [6.45, 7) is 1.39. The van der Waals surface area contributed by atoms with Crippen LogP contribution in [0.5, 0.6) is 11.5 Å². The lowest BCUT2D eigenvalue weighted by Gasteiger charge is -2.14. The number of esters is 1. The summed E-state index contributed by atoms with van der Waals surface area (Å²) in [5.41, 5.74) is 4.30. The Balaban J connectivity index is 1.70. The normalized spacial score (nSPS) is 10.6. The molecule has 0 radical (unpaired) electrons. The number of nitrogen functional groups attached to an aromatic ring is 1. The number of Topliss-reactive ketones (excluding diaryl/α,β-unsaturated/α-hetero) is 1. The summed E-state index contributed by atoms with van der Waals surface area (Å²) >= 11 is 0. The highest BCUT2D eigenvalue weighted by Gasteiger charge is 2.22. The molecule has 0 amide bonds. The van der Waals surface area contributed by atoms with E-state index in [2.05, 4.69) is 0 Å². The number of nitrogens with zero attached hydrogens (tertiary/aromatic N) is 2. The van der Waals surface area contributed by atoms with E-state index < -0.39 is 29.6 Å². The van der Waals surface area contributed by atoms with Crippen molar-refractivity contribution >= 4 is 17.6 Å². The highest BCUT2D eigenvalue weighted by Crippen LogP contribution is 2.21. The number of hydrogen-bond donors (Lipinski definition) is 1. The summed E-state index contributed by atoms with van der Waals surface area (Å²) in [5.74, 6) is -0.592. The van der Waals surface area contributed by atoms with Crippen LogP contribution in [0.2, 0.25) is 0 Å². The lowest BCUT2D eigenvalue weighted by Crippen LogP contribution is -2.43. The molecule has 1 heterocycles. The van der Waals surface area contributed by atoms with Gasteiger partial charge < -0.3 is 15.2 Å². The van der Waals surface area contributed by atoms with E-state index in [1.165, 1.54) is 19.2 Å². The van der Waals surface area contributed by atoms with Gasteiger partial charge in [0.15, 0.2) is 6.61 Å². The molecule has 0 atom stereocenters. The molecule has 0 aliphatic rings. The van der Waals surface area contributed by atoms with Crippen molar-refractivity contribution in [3.8, 4) is 11.5 Å². The fourth-order valence-electron chi connectivity index (χ4n) is 3.06. The number of ether oxygens (including phenoxy) is 2. The van der Waals surface area contributed by atoms with Gasteiger partial charge in [-0.1, -0.05) is 25.1 Å². The maximum atomic E-state index is 12.6. The lowest BCUT2D eigenvalue weighted by atomic mass is 10.2. The van der Waals surface area contributed by atoms with Crippen molar-refractivity contribution in [3.63, 3.8) is 0 Å². The van der Waals surface area contributed by atoms with Crippen LogP contribution in [-0.2, 0) is 18.3 Å². The number of carbonyl (C=O) groups excluding carboxylic acids is 2. The first-order chi connectivity index (χ1) is 15.3. The summed E-state index contributed by atoms with van der Waals surface area (Å²) in [5, 5.41) is 0. The summed E-state index contributed by atoms with van der Waals surface area (Å²) in [6, 6.07) is 15.3. The van der Waals surface area contributed by atoms with E-state index in [0.29, 0.717) is 17.9 Å². The number of benzene rings is 2. The van der Waals surface area contributed by atoms with Crippen LogP contribution in [0.3, 0.4) is 0 Å². The van der Waals surface area contributed by atoms with E-state index in [9.17, 15) is 19.2 Å². The predicted molar refractivity (Wildman–Crippen MR) is 118 cm³/mol. The molecule has 0 unspecified atom stereocenters. The number of carbonyl (C=O) groups is 2. The molecule has 3 aromatic rings. The summed E-state index contributed by atoms with van der Waals surface area (Å²) in [6.07, 6.45) is 0.578. The largest absolute Gasteiger partial charge is 0.457 e. The standard InChI is InChI=1S/C23H23N3O6/c1-3-13-26-20(24)19(21(28)25(2)23(26)30)18(27)14-31-22(29)15-9-11-17(12-10-15)32-16-7-5-4-6-8-16/h4-12H,3,13-14,24H2,1-2H3. The number of aromatic nitrogens is 2. The average molecular weight is 437 g/mol. The Morgan fingerprint density at radius 1 is 0.969 bits per heavy atom. The number of rotatable bonds is 8. The Kier molecular flexibility index (Phi) is 6.89. The average Bonchev–Trinajstić information content (AvgIpc) is 2.80. The predicted octanol–water partition coefficient (Wildman–Crippen LogP) is 2.37. The zero-order chi connectivity index (χ0) is 23.3. The molecule has 9 heteroatoms. The Labute approximate surface area is 183 Å². The molecule has 166 valence electrons. The van der Waals surface area contributed by atoms with Crippen LogP contribution in [0.4, 0.5) is 5.82 Å². The molecule has 9 nitrogen and oxygen atoms in total. The smallest absolute Gasteiger partial charge is 0.338 e. The van der Waals surface area contributed by atoms with E-state index in [0.717, 1.165) is 9.13 Å². The highest BCUT2D eigenvalue weighted by molar-refractivity contribution is 6.02. The van der Waals surface area contributed by atoms with Gasteiger partial charge in [0.05, 0.1) is 5.56 Å². The fourth-order valence-corrected chi connectivity index (χ4v) is 3.06. The second-order valence-corrected chi connectivity index (χ2v) is 7.00. The molecule has 0 aliphatic heterocycles. The molecular formula is C23H23N3O6. The van der Waals surface area contributed by atoms with Crippen LogP contribution in [0, 0.1) is 0 Å². The minimum atomic E-state index is -0.830. The number of anilines is 1. The first-order valence-electron chi connectivity index (χ1n) is 9.96. The van der Waals surface area contributed by atoms with Crippen LogP contribution < -0.4 is 21.7 Å². The van der Waals surface area contributed by atoms with Crippen LogP contribution in [0.25, 0.3) is 0 Å². The second kappa shape index (κ2) is 9.78. The van der Waals surface area contributed by atoms with E-state index in [4.69, 9.17) is 15.2 Å². The van der Waals surface area contributed by atoms with Gasteiger partial charge in [0.25, 0.3) is 5.56 Å². The van der Waals surface area contributed by atoms with Crippen molar-refractivity contribution in [2.24, 2.45) is 7.05 Å². The molecule has 2 aromatic carbocycles. The number of nitrogens with two attached hydrogens (primary N) is 1. The zero-order valence-electron chi connectivity index (χ0n) is 17.7. The van der Waals surface area contributed by atoms with Crippen LogP contribution in [-0.4, -0.2) is 27.5 Å². The van der Waals surface area contributed by atoms with Crippen molar-refractivity contribution in [1.29, 1.82) is 0 Å². The van der Waals surface area contributed by atoms with E-state index in [1.807, 2.05) is 25.1 Å². The quantitative estimate of drug-likeness (QED) is 0.424. The Hall–Kier alpha value is -4.14. The highest BCUT2D eigenvalue weighted by atomic mass is 16.5. The molecule has 1 aromatic heterocycles. The third-order valence-corrected chi connectivity index (χ3v) is 4.71. The lowest BCUT2D eigenvalue weighted by molar-refractivity contribution is 0.0474. The minimum absolute atomic E-state index is 0.204. The van der Waals surface area contributed by atoms with E-state index >= 15 is 0 Å². The molecule has 0 spiro atoms. The van der Waals surface area contributed by atoms with Crippen LogP contribution in [0.1, 0.15) is 34.1 Å². The van der Waals surface area contributed by atoms with Gasteiger partial charge in [0, 0.05) is 13.6 Å². The minimum Gasteiger partial charge on any atom is -0.457 e. The van der Waals surface area contributed by atoms with Gasteiger partial charge in [0.1, 0.15) is 22.9 Å². The first kappa shape index (κ1) is 22.5. The zero-order valence-corrected chi connectivity index (χ0v) is 17.7. The summed E-state index contributed by atoms with van der Waals surface area (Å²) < 4.78 is 12.7. The summed E-state index contributed by atoms with van der Waals surface area (Å²) in [4.78, 5) is 49.5. The maximum absolute atomic E-state index is 12.6. The molecule has 0 aliphatic carbocycles. The Morgan fingerprint density at radius 2 is 1.59 bits per heavy atom. The van der Waals surface area contributed by atoms with Crippen molar-refractivity contribution in [2.45, 2.75) is 19.9 Å². The van der Waals surface area contributed by atoms with Crippen LogP contribution >= 0.6 is 0 Å². The summed E-state index contributed by atoms with van der Waals surface area (Å²) in [7, 11) is 1.26. The third kappa shape index (κ3) is 4.77. The Morgan fingerprint density at radius 3 is 2.22 bits per heavy atom. The molecule has 32 heavy (non-hydrogen) atoms. The molecule has 3 rings (SSSR count). The van der Waals surface area contributed by atoms with Crippen molar-refractivity contribution in [1.82, 2.24) is 9.13 Å². The third-order valence-electron chi connectivity index (χ3n) is 4.71.